The molecule has 0 bridgehead atoms. The Morgan fingerprint density at radius 1 is 1.11 bits per heavy atom. The first-order valence-electron chi connectivity index (χ1n) is 7.98. The molecule has 0 heterocycles. The Morgan fingerprint density at radius 3 is 2.29 bits per heavy atom. The summed E-state index contributed by atoms with van der Waals surface area (Å²) in [6, 6.07) is 8.92. The minimum absolute atomic E-state index is 0.0512. The van der Waals surface area contributed by atoms with E-state index in [1.807, 2.05) is 0 Å². The van der Waals surface area contributed by atoms with Crippen LogP contribution in [0.1, 0.15) is 22.3 Å². The highest BCUT2D eigenvalue weighted by Crippen LogP contribution is 2.35. The lowest BCUT2D eigenvalue weighted by Crippen LogP contribution is -2.17. The number of nitrogens with zero attached hydrogens (tertiary/aromatic N) is 1. The lowest BCUT2D eigenvalue weighted by Gasteiger charge is -2.19. The average Bonchev–Trinajstić information content (AvgIpc) is 2.62. The van der Waals surface area contributed by atoms with Gasteiger partial charge < -0.3 is 21.3 Å². The van der Waals surface area contributed by atoms with Crippen LogP contribution in [0.4, 0.5) is 16.2 Å². The number of amides is 2. The second-order valence-corrected chi connectivity index (χ2v) is 6.96. The van der Waals surface area contributed by atoms with Gasteiger partial charge in [-0.2, -0.15) is 0 Å². The number of ether oxygens (including phenoxy) is 1. The van der Waals surface area contributed by atoms with Crippen molar-refractivity contribution in [2.75, 3.05) is 10.9 Å². The maximum atomic E-state index is 11.8. The molecular formula is C17H18ClN3O6S. The van der Waals surface area contributed by atoms with E-state index in [1.54, 1.807) is 24.3 Å². The van der Waals surface area contributed by atoms with E-state index in [4.69, 9.17) is 23.1 Å². The van der Waals surface area contributed by atoms with Gasteiger partial charge in [0.25, 0.3) is 5.91 Å². The summed E-state index contributed by atoms with van der Waals surface area (Å²) in [5.74, 6) is -1.47. The van der Waals surface area contributed by atoms with Crippen LogP contribution >= 0.6 is 11.6 Å². The molecule has 0 fully saturated rings. The molecule has 0 aromatic heterocycles. The number of carbonyl (C=O) groups excluding carboxylic acids is 2. The van der Waals surface area contributed by atoms with Gasteiger partial charge in [-0.3, -0.25) is 4.79 Å². The second kappa shape index (κ2) is 9.29. The van der Waals surface area contributed by atoms with Crippen LogP contribution in [-0.2, 0) is 22.0 Å². The van der Waals surface area contributed by atoms with E-state index < -0.39 is 28.6 Å². The van der Waals surface area contributed by atoms with Crippen molar-refractivity contribution in [3.63, 3.8) is 0 Å². The minimum atomic E-state index is -3.13. The largest absolute Gasteiger partial charge is 0.506 e. The van der Waals surface area contributed by atoms with E-state index >= 15 is 0 Å². The molecule has 2 aromatic carbocycles. The molecule has 0 aliphatic carbocycles. The van der Waals surface area contributed by atoms with Crippen molar-refractivity contribution in [3.05, 3.63) is 52.5 Å². The summed E-state index contributed by atoms with van der Waals surface area (Å²) >= 11 is 5.89. The lowest BCUT2D eigenvalue weighted by atomic mass is 10.1. The van der Waals surface area contributed by atoms with Gasteiger partial charge in [-0.1, -0.05) is 23.7 Å². The van der Waals surface area contributed by atoms with Gasteiger partial charge in [-0.15, -0.1) is 0 Å². The van der Waals surface area contributed by atoms with Crippen molar-refractivity contribution in [1.82, 2.24) is 0 Å². The summed E-state index contributed by atoms with van der Waals surface area (Å²) in [4.78, 5) is 22.0. The number of halogens is 1. The van der Waals surface area contributed by atoms with Gasteiger partial charge in [0, 0.05) is 0 Å². The standard InChI is InChI=1S/C17H18ClN3O6S/c18-14-9-12(8-13(15(14)22)16(19)23)21(28(25)26)11-5-3-10(4-6-11)2-1-7-27-17(20)24/h3-6,8-9,22,28H,1-2,7H2,(H2,19,23)(H2,20,24). The number of carbonyl (C=O) groups is 2. The SMILES string of the molecule is NC(=O)OCCCc1ccc(N(c2cc(Cl)c(O)c(C(N)=O)c2)[SH](=O)=O)cc1. The number of rotatable bonds is 8. The van der Waals surface area contributed by atoms with Crippen LogP contribution in [0.5, 0.6) is 5.75 Å². The van der Waals surface area contributed by atoms with E-state index in [-0.39, 0.29) is 22.9 Å². The summed E-state index contributed by atoms with van der Waals surface area (Å²) in [7, 11) is -3.13. The topological polar surface area (TPSA) is 153 Å². The number of thiol groups is 1. The van der Waals surface area contributed by atoms with Gasteiger partial charge >= 0.3 is 6.09 Å². The number of anilines is 2. The Kier molecular flexibility index (Phi) is 7.07. The second-order valence-electron chi connectivity index (χ2n) is 5.68. The lowest BCUT2D eigenvalue weighted by molar-refractivity contribution is 0.0997. The fourth-order valence-electron chi connectivity index (χ4n) is 2.49. The number of benzene rings is 2. The van der Waals surface area contributed by atoms with Gasteiger partial charge in [0.05, 0.1) is 28.6 Å². The zero-order valence-corrected chi connectivity index (χ0v) is 16.2. The molecule has 0 saturated carbocycles. The Morgan fingerprint density at radius 2 is 1.75 bits per heavy atom. The van der Waals surface area contributed by atoms with Gasteiger partial charge in [0.1, 0.15) is 5.75 Å². The third-order valence-electron chi connectivity index (χ3n) is 3.76. The van der Waals surface area contributed by atoms with Crippen LogP contribution in [-0.4, -0.2) is 32.1 Å². The summed E-state index contributed by atoms with van der Waals surface area (Å²) in [5, 5.41) is 9.61. The number of aromatic hydroxyl groups is 1. The first-order chi connectivity index (χ1) is 13.2. The van der Waals surface area contributed by atoms with Crippen LogP contribution in [0, 0.1) is 0 Å². The van der Waals surface area contributed by atoms with Gasteiger partial charge in [0.15, 0.2) is 0 Å². The number of hydrogen-bond donors (Lipinski definition) is 4. The van der Waals surface area contributed by atoms with Crippen molar-refractivity contribution in [2.24, 2.45) is 11.5 Å². The molecule has 9 nitrogen and oxygen atoms in total. The number of nitrogens with two attached hydrogens (primary N) is 2. The van der Waals surface area contributed by atoms with Gasteiger partial charge in [-0.05, 0) is 42.7 Å². The van der Waals surface area contributed by atoms with E-state index in [1.165, 1.54) is 6.07 Å². The van der Waals surface area contributed by atoms with Crippen molar-refractivity contribution in [1.29, 1.82) is 0 Å². The molecule has 5 N–H and O–H groups in total. The van der Waals surface area contributed by atoms with Gasteiger partial charge in [-0.25, -0.2) is 17.5 Å². The summed E-state index contributed by atoms with van der Waals surface area (Å²) in [5.41, 5.74) is 11.0. The number of primary amides is 2. The van der Waals surface area contributed by atoms with Crippen molar-refractivity contribution < 1.29 is 27.9 Å². The van der Waals surface area contributed by atoms with Crippen molar-refractivity contribution in [2.45, 2.75) is 12.8 Å². The highest BCUT2D eigenvalue weighted by Gasteiger charge is 2.19. The highest BCUT2D eigenvalue weighted by molar-refractivity contribution is 7.74. The number of hydrogen-bond acceptors (Lipinski definition) is 6. The van der Waals surface area contributed by atoms with Gasteiger partial charge in [0.2, 0.25) is 10.9 Å². The highest BCUT2D eigenvalue weighted by atomic mass is 35.5. The smallest absolute Gasteiger partial charge is 0.404 e. The van der Waals surface area contributed by atoms with E-state index in [0.29, 0.717) is 18.5 Å². The molecule has 2 aromatic rings. The monoisotopic (exact) mass is 427 g/mol. The quantitative estimate of drug-likeness (QED) is 0.372. The van der Waals surface area contributed by atoms with E-state index in [0.717, 1.165) is 15.9 Å². The van der Waals surface area contributed by atoms with Crippen LogP contribution in [0.2, 0.25) is 5.02 Å². The molecule has 0 saturated heterocycles. The van der Waals surface area contributed by atoms with Crippen LogP contribution < -0.4 is 15.8 Å². The Hall–Kier alpha value is -2.98. The molecule has 2 amide bonds. The predicted molar refractivity (Wildman–Crippen MR) is 104 cm³/mol. The van der Waals surface area contributed by atoms with E-state index in [2.05, 4.69) is 4.74 Å². The molecule has 0 radical (unpaired) electrons. The predicted octanol–water partition coefficient (Wildman–Crippen LogP) is 1.84. The maximum Gasteiger partial charge on any atom is 0.404 e. The third-order valence-corrected chi connectivity index (χ3v) is 4.83. The Bertz CT molecular complexity index is 954. The molecule has 150 valence electrons. The molecule has 0 aliphatic rings. The molecular weight excluding hydrogens is 410 g/mol. The zero-order chi connectivity index (χ0) is 20.8. The molecule has 11 heteroatoms. The summed E-state index contributed by atoms with van der Waals surface area (Å²) in [6.07, 6.45) is 0.304. The molecule has 0 aliphatic heterocycles. The minimum Gasteiger partial charge on any atom is -0.506 e. The van der Waals surface area contributed by atoms with Crippen LogP contribution in [0.15, 0.2) is 36.4 Å². The normalized spacial score (nSPS) is 10.6. The molecule has 0 atom stereocenters. The molecule has 2 rings (SSSR count). The molecule has 0 spiro atoms. The first kappa shape index (κ1) is 21.3. The Balaban J connectivity index is 2.28. The average molecular weight is 428 g/mol. The summed E-state index contributed by atoms with van der Waals surface area (Å²) in [6.45, 7) is 0.178. The van der Waals surface area contributed by atoms with Crippen LogP contribution in [0.25, 0.3) is 0 Å². The van der Waals surface area contributed by atoms with Crippen LogP contribution in [0.3, 0.4) is 0 Å². The maximum absolute atomic E-state index is 11.8. The number of phenols is 1. The fraction of sp³-hybridized carbons (Fsp3) is 0.176. The zero-order valence-electron chi connectivity index (χ0n) is 14.5. The van der Waals surface area contributed by atoms with E-state index in [9.17, 15) is 23.1 Å². The molecule has 0 unspecified atom stereocenters. The Labute approximate surface area is 167 Å². The fourth-order valence-corrected chi connectivity index (χ4v) is 3.32. The van der Waals surface area contributed by atoms with Crippen molar-refractivity contribution >= 4 is 45.9 Å². The van der Waals surface area contributed by atoms with Crippen molar-refractivity contribution in [3.8, 4) is 5.75 Å². The summed E-state index contributed by atoms with van der Waals surface area (Å²) < 4.78 is 29.2. The third kappa shape index (κ3) is 5.27. The molecule has 28 heavy (non-hydrogen) atoms. The number of aryl methyl sites for hydroxylation is 1. The first-order valence-corrected chi connectivity index (χ1v) is 9.49.